The van der Waals surface area contributed by atoms with Crippen LogP contribution in [0.15, 0.2) is 49.0 Å². The van der Waals surface area contributed by atoms with Gasteiger partial charge in [0.1, 0.15) is 5.76 Å². The van der Waals surface area contributed by atoms with Gasteiger partial charge >= 0.3 is 0 Å². The standard InChI is InChI=1S/C12H9Br2N3O2/c13-7-4-9(11(15)10(14)5-7)12(18)17-16-6-8-2-1-3-19-8/h1-6H,15H2,(H,17,18)/b16-6-. The van der Waals surface area contributed by atoms with E-state index in [4.69, 9.17) is 10.2 Å². The molecule has 19 heavy (non-hydrogen) atoms. The molecule has 1 aromatic carbocycles. The third-order valence-electron chi connectivity index (χ3n) is 2.24. The van der Waals surface area contributed by atoms with Crippen LogP contribution in [0.25, 0.3) is 0 Å². The van der Waals surface area contributed by atoms with Crippen molar-refractivity contribution >= 4 is 49.7 Å². The second kappa shape index (κ2) is 6.03. The average Bonchev–Trinajstić information content (AvgIpc) is 2.86. The molecule has 0 unspecified atom stereocenters. The Hall–Kier alpha value is -1.60. The molecular formula is C12H9Br2N3O2. The second-order valence-electron chi connectivity index (χ2n) is 3.56. The lowest BCUT2D eigenvalue weighted by atomic mass is 10.2. The number of nitrogens with two attached hydrogens (primary N) is 1. The fraction of sp³-hybridized carbons (Fsp3) is 0. The Kier molecular flexibility index (Phi) is 4.39. The van der Waals surface area contributed by atoms with Gasteiger partial charge in [-0.25, -0.2) is 5.43 Å². The van der Waals surface area contributed by atoms with Crippen molar-refractivity contribution in [2.75, 3.05) is 5.73 Å². The summed E-state index contributed by atoms with van der Waals surface area (Å²) in [6.07, 6.45) is 2.92. The van der Waals surface area contributed by atoms with Gasteiger partial charge in [0.25, 0.3) is 5.91 Å². The first-order valence-corrected chi connectivity index (χ1v) is 6.78. The number of rotatable bonds is 3. The molecule has 0 saturated carbocycles. The zero-order valence-electron chi connectivity index (χ0n) is 9.56. The number of nitrogens with one attached hydrogen (secondary N) is 1. The van der Waals surface area contributed by atoms with Crippen molar-refractivity contribution in [2.24, 2.45) is 5.10 Å². The van der Waals surface area contributed by atoms with E-state index in [1.807, 2.05) is 0 Å². The molecule has 0 atom stereocenters. The van der Waals surface area contributed by atoms with Crippen LogP contribution in [0, 0.1) is 0 Å². The highest BCUT2D eigenvalue weighted by Crippen LogP contribution is 2.28. The summed E-state index contributed by atoms with van der Waals surface area (Å²) in [6.45, 7) is 0. The highest BCUT2D eigenvalue weighted by Gasteiger charge is 2.12. The topological polar surface area (TPSA) is 80.6 Å². The van der Waals surface area contributed by atoms with Crippen LogP contribution in [0.4, 0.5) is 5.69 Å². The van der Waals surface area contributed by atoms with Crippen LogP contribution < -0.4 is 11.2 Å². The maximum absolute atomic E-state index is 11.9. The van der Waals surface area contributed by atoms with Gasteiger partial charge in [-0.1, -0.05) is 15.9 Å². The van der Waals surface area contributed by atoms with E-state index in [1.54, 1.807) is 24.3 Å². The quantitative estimate of drug-likeness (QED) is 0.483. The lowest BCUT2D eigenvalue weighted by Crippen LogP contribution is -2.19. The molecule has 0 fully saturated rings. The fourth-order valence-electron chi connectivity index (χ4n) is 1.35. The molecule has 2 rings (SSSR count). The zero-order chi connectivity index (χ0) is 13.8. The Morgan fingerprint density at radius 2 is 2.21 bits per heavy atom. The first-order valence-electron chi connectivity index (χ1n) is 5.19. The third kappa shape index (κ3) is 3.45. The molecule has 0 radical (unpaired) electrons. The molecule has 1 amide bonds. The minimum atomic E-state index is -0.401. The molecule has 7 heteroatoms. The largest absolute Gasteiger partial charge is 0.463 e. The normalized spacial score (nSPS) is 10.8. The summed E-state index contributed by atoms with van der Waals surface area (Å²) in [5.41, 5.74) is 8.89. The van der Waals surface area contributed by atoms with E-state index in [0.29, 0.717) is 21.5 Å². The number of nitrogens with zero attached hydrogens (tertiary/aromatic N) is 1. The van der Waals surface area contributed by atoms with Gasteiger partial charge < -0.3 is 10.2 Å². The van der Waals surface area contributed by atoms with E-state index in [1.165, 1.54) is 12.5 Å². The van der Waals surface area contributed by atoms with E-state index in [-0.39, 0.29) is 0 Å². The summed E-state index contributed by atoms with van der Waals surface area (Å²) in [7, 11) is 0. The molecule has 0 bridgehead atoms. The van der Waals surface area contributed by atoms with Crippen molar-refractivity contribution in [1.82, 2.24) is 5.43 Å². The van der Waals surface area contributed by atoms with Gasteiger partial charge in [0.15, 0.2) is 0 Å². The third-order valence-corrected chi connectivity index (χ3v) is 3.35. The molecule has 1 heterocycles. The number of hydrogen-bond acceptors (Lipinski definition) is 4. The number of carbonyl (C=O) groups excluding carboxylic acids is 1. The average molecular weight is 387 g/mol. The number of nitrogen functional groups attached to an aromatic ring is 1. The minimum Gasteiger partial charge on any atom is -0.463 e. The van der Waals surface area contributed by atoms with E-state index in [0.717, 1.165) is 4.47 Å². The van der Waals surface area contributed by atoms with Crippen LogP contribution in [0.1, 0.15) is 16.1 Å². The molecule has 5 nitrogen and oxygen atoms in total. The minimum absolute atomic E-state index is 0.331. The summed E-state index contributed by atoms with van der Waals surface area (Å²) in [5.74, 6) is 0.144. The van der Waals surface area contributed by atoms with Crippen molar-refractivity contribution in [3.8, 4) is 0 Å². The fourth-order valence-corrected chi connectivity index (χ4v) is 2.58. The Labute approximate surface area is 126 Å². The molecule has 0 spiro atoms. The van der Waals surface area contributed by atoms with Crippen molar-refractivity contribution in [2.45, 2.75) is 0 Å². The number of benzene rings is 1. The van der Waals surface area contributed by atoms with Crippen molar-refractivity contribution in [3.05, 3.63) is 50.8 Å². The summed E-state index contributed by atoms with van der Waals surface area (Å²) in [5, 5.41) is 3.79. The number of carbonyl (C=O) groups is 1. The molecule has 0 aliphatic carbocycles. The van der Waals surface area contributed by atoms with Gasteiger partial charge in [-0.2, -0.15) is 5.10 Å². The lowest BCUT2D eigenvalue weighted by molar-refractivity contribution is 0.0956. The number of hydrazone groups is 1. The lowest BCUT2D eigenvalue weighted by Gasteiger charge is -2.06. The van der Waals surface area contributed by atoms with E-state index >= 15 is 0 Å². The first kappa shape index (κ1) is 13.8. The van der Waals surface area contributed by atoms with Crippen LogP contribution in [0.3, 0.4) is 0 Å². The Bertz CT molecular complexity index is 624. The molecule has 0 saturated heterocycles. The molecule has 1 aromatic heterocycles. The van der Waals surface area contributed by atoms with E-state index < -0.39 is 5.91 Å². The number of hydrogen-bond donors (Lipinski definition) is 2. The van der Waals surface area contributed by atoms with Crippen LogP contribution in [-0.2, 0) is 0 Å². The first-order chi connectivity index (χ1) is 9.08. The van der Waals surface area contributed by atoms with Crippen LogP contribution in [-0.4, -0.2) is 12.1 Å². The maximum atomic E-state index is 11.9. The highest BCUT2D eigenvalue weighted by molar-refractivity contribution is 9.11. The smallest absolute Gasteiger partial charge is 0.273 e. The van der Waals surface area contributed by atoms with Crippen LogP contribution in [0.2, 0.25) is 0 Å². The molecular weight excluding hydrogens is 378 g/mol. The molecule has 0 aliphatic heterocycles. The number of furan rings is 1. The molecule has 2 aromatic rings. The monoisotopic (exact) mass is 385 g/mol. The van der Waals surface area contributed by atoms with Gasteiger partial charge in [0, 0.05) is 8.95 Å². The predicted molar refractivity (Wildman–Crippen MR) is 80.0 cm³/mol. The predicted octanol–water partition coefficient (Wildman–Crippen LogP) is 3.15. The van der Waals surface area contributed by atoms with Crippen molar-refractivity contribution in [1.29, 1.82) is 0 Å². The molecule has 0 aliphatic rings. The van der Waals surface area contributed by atoms with Gasteiger partial charge in [-0.3, -0.25) is 4.79 Å². The Morgan fingerprint density at radius 3 is 2.89 bits per heavy atom. The van der Waals surface area contributed by atoms with Gasteiger partial charge in [0.2, 0.25) is 0 Å². The maximum Gasteiger partial charge on any atom is 0.273 e. The summed E-state index contributed by atoms with van der Waals surface area (Å²) >= 11 is 6.57. The van der Waals surface area contributed by atoms with E-state index in [9.17, 15) is 4.79 Å². The summed E-state index contributed by atoms with van der Waals surface area (Å²) < 4.78 is 6.43. The highest BCUT2D eigenvalue weighted by atomic mass is 79.9. The Morgan fingerprint density at radius 1 is 1.42 bits per heavy atom. The van der Waals surface area contributed by atoms with Crippen LogP contribution in [0.5, 0.6) is 0 Å². The number of anilines is 1. The van der Waals surface area contributed by atoms with E-state index in [2.05, 4.69) is 42.4 Å². The summed E-state index contributed by atoms with van der Waals surface area (Å²) in [4.78, 5) is 11.9. The van der Waals surface area contributed by atoms with Crippen LogP contribution >= 0.6 is 31.9 Å². The number of amides is 1. The zero-order valence-corrected chi connectivity index (χ0v) is 12.7. The summed E-state index contributed by atoms with van der Waals surface area (Å²) in [6, 6.07) is 6.84. The van der Waals surface area contributed by atoms with Gasteiger partial charge in [-0.05, 0) is 40.2 Å². The van der Waals surface area contributed by atoms with Gasteiger partial charge in [0.05, 0.1) is 23.7 Å². The van der Waals surface area contributed by atoms with Crippen molar-refractivity contribution in [3.63, 3.8) is 0 Å². The molecule has 3 N–H and O–H groups in total. The van der Waals surface area contributed by atoms with Gasteiger partial charge in [-0.15, -0.1) is 0 Å². The Balaban J connectivity index is 2.12. The number of halogens is 2. The SMILES string of the molecule is Nc1c(Br)cc(Br)cc1C(=O)N/N=C\c1ccco1. The second-order valence-corrected chi connectivity index (χ2v) is 5.33. The molecule has 98 valence electrons. The van der Waals surface area contributed by atoms with Crippen molar-refractivity contribution < 1.29 is 9.21 Å².